The van der Waals surface area contributed by atoms with Crippen LogP contribution in [0.2, 0.25) is 0 Å². The number of nitrogens with one attached hydrogen (secondary N) is 1. The number of aromatic carboxylic acids is 1. The highest BCUT2D eigenvalue weighted by atomic mass is 19.1. The molecule has 0 aliphatic carbocycles. The van der Waals surface area contributed by atoms with E-state index in [1.165, 1.54) is 24.4 Å². The van der Waals surface area contributed by atoms with Gasteiger partial charge in [-0.25, -0.2) is 18.6 Å². The molecule has 0 saturated carbocycles. The quantitative estimate of drug-likeness (QED) is 0.627. The smallest absolute Gasteiger partial charge is 0.339 e. The molecule has 1 amide bonds. The molecule has 0 aliphatic rings. The Balaban J connectivity index is 2.14. The Labute approximate surface area is 150 Å². The number of hydrogen-bond acceptors (Lipinski definition) is 6. The van der Waals surface area contributed by atoms with E-state index in [2.05, 4.69) is 20.5 Å². The Kier molecular flexibility index (Phi) is 4.71. The monoisotopic (exact) mass is 371 g/mol. The molecule has 0 spiro atoms. The second kappa shape index (κ2) is 7.12. The van der Waals surface area contributed by atoms with Gasteiger partial charge in [0.05, 0.1) is 11.3 Å². The number of carbonyl (C=O) groups excluding carboxylic acids is 1. The molecule has 0 saturated heterocycles. The summed E-state index contributed by atoms with van der Waals surface area (Å²) in [6.07, 6.45) is 1.32. The summed E-state index contributed by atoms with van der Waals surface area (Å²) in [6, 6.07) is 7.09. The van der Waals surface area contributed by atoms with E-state index in [0.717, 1.165) is 18.2 Å². The summed E-state index contributed by atoms with van der Waals surface area (Å²) in [7, 11) is 0. The highest BCUT2D eigenvalue weighted by Gasteiger charge is 2.20. The molecule has 0 bridgehead atoms. The van der Waals surface area contributed by atoms with Crippen LogP contribution in [0.5, 0.6) is 0 Å². The molecular weight excluding hydrogens is 360 g/mol. The van der Waals surface area contributed by atoms with Crippen LogP contribution >= 0.6 is 0 Å². The first-order valence-corrected chi connectivity index (χ1v) is 7.45. The van der Waals surface area contributed by atoms with Crippen molar-refractivity contribution < 1.29 is 23.5 Å². The number of pyridine rings is 1. The number of carboxylic acids is 1. The van der Waals surface area contributed by atoms with Gasteiger partial charge in [0.15, 0.2) is 5.69 Å². The second-order valence-corrected chi connectivity index (χ2v) is 5.28. The van der Waals surface area contributed by atoms with Crippen molar-refractivity contribution in [1.82, 2.24) is 15.2 Å². The Morgan fingerprint density at radius 2 is 1.78 bits per heavy atom. The maximum Gasteiger partial charge on any atom is 0.339 e. The van der Waals surface area contributed by atoms with Gasteiger partial charge in [-0.15, -0.1) is 10.2 Å². The molecule has 3 rings (SSSR count). The standard InChI is InChI=1S/C17H11F2N5O3/c18-9-4-1-5-10(19)13(9)11-7-12(14(15(20)25)24-23-11)22-16-8(17(26)27)3-2-6-21-16/h1-7H,(H2,20,25)(H,26,27)(H,21,22,23). The summed E-state index contributed by atoms with van der Waals surface area (Å²) in [6.45, 7) is 0. The number of hydrogen-bond donors (Lipinski definition) is 3. The number of primary amides is 1. The molecule has 4 N–H and O–H groups in total. The van der Waals surface area contributed by atoms with Crippen molar-refractivity contribution in [2.75, 3.05) is 5.32 Å². The fourth-order valence-electron chi connectivity index (χ4n) is 2.34. The predicted octanol–water partition coefficient (Wildman–Crippen LogP) is 2.36. The fourth-order valence-corrected chi connectivity index (χ4v) is 2.34. The van der Waals surface area contributed by atoms with Crippen LogP contribution in [-0.2, 0) is 0 Å². The van der Waals surface area contributed by atoms with Crippen molar-refractivity contribution in [3.8, 4) is 11.3 Å². The summed E-state index contributed by atoms with van der Waals surface area (Å²) in [4.78, 5) is 26.8. The van der Waals surface area contributed by atoms with E-state index < -0.39 is 29.1 Å². The Morgan fingerprint density at radius 1 is 1.07 bits per heavy atom. The number of benzene rings is 1. The molecule has 3 aromatic rings. The molecule has 0 atom stereocenters. The normalized spacial score (nSPS) is 10.4. The average Bonchev–Trinajstić information content (AvgIpc) is 2.62. The van der Waals surface area contributed by atoms with Crippen molar-refractivity contribution in [2.45, 2.75) is 0 Å². The number of nitrogens with two attached hydrogens (primary N) is 1. The second-order valence-electron chi connectivity index (χ2n) is 5.28. The topological polar surface area (TPSA) is 131 Å². The lowest BCUT2D eigenvalue weighted by Gasteiger charge is -2.12. The number of carbonyl (C=O) groups is 2. The largest absolute Gasteiger partial charge is 0.478 e. The van der Waals surface area contributed by atoms with E-state index >= 15 is 0 Å². The first kappa shape index (κ1) is 17.9. The number of halogens is 2. The van der Waals surface area contributed by atoms with Crippen LogP contribution in [0.4, 0.5) is 20.3 Å². The van der Waals surface area contributed by atoms with Gasteiger partial charge in [-0.1, -0.05) is 6.07 Å². The lowest BCUT2D eigenvalue weighted by atomic mass is 10.1. The van der Waals surface area contributed by atoms with Crippen LogP contribution in [0.25, 0.3) is 11.3 Å². The number of aromatic nitrogens is 3. The first-order chi connectivity index (χ1) is 12.9. The molecular formula is C17H11F2N5O3. The van der Waals surface area contributed by atoms with Crippen LogP contribution in [-0.4, -0.2) is 32.2 Å². The molecule has 1 aromatic carbocycles. The molecule has 2 aromatic heterocycles. The summed E-state index contributed by atoms with van der Waals surface area (Å²) < 4.78 is 28.0. The third kappa shape index (κ3) is 3.54. The minimum atomic E-state index is -1.27. The zero-order valence-corrected chi connectivity index (χ0v) is 13.5. The van der Waals surface area contributed by atoms with Gasteiger partial charge in [-0.05, 0) is 30.3 Å². The van der Waals surface area contributed by atoms with Gasteiger partial charge < -0.3 is 16.2 Å². The van der Waals surface area contributed by atoms with Crippen molar-refractivity contribution in [3.05, 3.63) is 65.5 Å². The van der Waals surface area contributed by atoms with Crippen LogP contribution in [0.1, 0.15) is 20.8 Å². The fraction of sp³-hybridized carbons (Fsp3) is 0. The summed E-state index contributed by atoms with van der Waals surface area (Å²) in [5.74, 6) is -4.12. The van der Waals surface area contributed by atoms with Gasteiger partial charge in [0.25, 0.3) is 5.91 Å². The predicted molar refractivity (Wildman–Crippen MR) is 90.4 cm³/mol. The van der Waals surface area contributed by atoms with E-state index in [0.29, 0.717) is 0 Å². The number of anilines is 2. The SMILES string of the molecule is NC(=O)c1nnc(-c2c(F)cccc2F)cc1Nc1ncccc1C(=O)O. The van der Waals surface area contributed by atoms with Gasteiger partial charge >= 0.3 is 5.97 Å². The van der Waals surface area contributed by atoms with Gasteiger partial charge in [0.2, 0.25) is 0 Å². The average molecular weight is 371 g/mol. The molecule has 27 heavy (non-hydrogen) atoms. The van der Waals surface area contributed by atoms with E-state index in [1.54, 1.807) is 0 Å². The molecule has 0 fully saturated rings. The lowest BCUT2D eigenvalue weighted by molar-refractivity contribution is 0.0697. The van der Waals surface area contributed by atoms with Gasteiger partial charge in [0, 0.05) is 6.20 Å². The zero-order chi connectivity index (χ0) is 19.6. The van der Waals surface area contributed by atoms with Crippen LogP contribution in [0, 0.1) is 11.6 Å². The van der Waals surface area contributed by atoms with Crippen LogP contribution < -0.4 is 11.1 Å². The van der Waals surface area contributed by atoms with E-state index in [-0.39, 0.29) is 28.5 Å². The van der Waals surface area contributed by atoms with Crippen molar-refractivity contribution in [3.63, 3.8) is 0 Å². The van der Waals surface area contributed by atoms with Crippen molar-refractivity contribution >= 4 is 23.4 Å². The molecule has 10 heteroatoms. The van der Waals surface area contributed by atoms with Gasteiger partial charge in [-0.3, -0.25) is 4.79 Å². The summed E-state index contributed by atoms with van der Waals surface area (Å²) in [5.41, 5.74) is 3.94. The highest BCUT2D eigenvalue weighted by molar-refractivity contribution is 5.99. The molecule has 0 radical (unpaired) electrons. The van der Waals surface area contributed by atoms with Crippen LogP contribution in [0.3, 0.4) is 0 Å². The van der Waals surface area contributed by atoms with Gasteiger partial charge in [-0.2, -0.15) is 0 Å². The number of amides is 1. The first-order valence-electron chi connectivity index (χ1n) is 7.45. The van der Waals surface area contributed by atoms with Crippen molar-refractivity contribution in [2.24, 2.45) is 5.73 Å². The number of carboxylic acid groups (broad SMARTS) is 1. The van der Waals surface area contributed by atoms with E-state index in [9.17, 15) is 23.5 Å². The molecule has 0 aliphatic heterocycles. The third-order valence-electron chi connectivity index (χ3n) is 3.54. The summed E-state index contributed by atoms with van der Waals surface area (Å²) in [5, 5.41) is 19.1. The molecule has 0 unspecified atom stereocenters. The number of rotatable bonds is 5. The Bertz CT molecular complexity index is 1040. The maximum absolute atomic E-state index is 14.0. The molecule has 8 nitrogen and oxygen atoms in total. The zero-order valence-electron chi connectivity index (χ0n) is 13.5. The minimum absolute atomic E-state index is 0.101. The molecule has 136 valence electrons. The van der Waals surface area contributed by atoms with E-state index in [1.807, 2.05) is 0 Å². The number of nitrogens with zero attached hydrogens (tertiary/aromatic N) is 3. The Morgan fingerprint density at radius 3 is 2.41 bits per heavy atom. The van der Waals surface area contributed by atoms with E-state index in [4.69, 9.17) is 5.73 Å². The van der Waals surface area contributed by atoms with Crippen LogP contribution in [0.15, 0.2) is 42.6 Å². The molecule has 2 heterocycles. The minimum Gasteiger partial charge on any atom is -0.478 e. The van der Waals surface area contributed by atoms with Gasteiger partial charge in [0.1, 0.15) is 28.7 Å². The summed E-state index contributed by atoms with van der Waals surface area (Å²) >= 11 is 0. The third-order valence-corrected chi connectivity index (χ3v) is 3.54. The van der Waals surface area contributed by atoms with Crippen molar-refractivity contribution in [1.29, 1.82) is 0 Å². The lowest BCUT2D eigenvalue weighted by Crippen LogP contribution is -2.17. The Hall–Kier alpha value is -3.95. The maximum atomic E-state index is 14.0. The highest BCUT2D eigenvalue weighted by Crippen LogP contribution is 2.28.